The summed E-state index contributed by atoms with van der Waals surface area (Å²) in [6.07, 6.45) is 2.77. The van der Waals surface area contributed by atoms with Crippen molar-refractivity contribution in [2.24, 2.45) is 10.2 Å². The van der Waals surface area contributed by atoms with Crippen molar-refractivity contribution in [3.05, 3.63) is 62.8 Å². The van der Waals surface area contributed by atoms with E-state index in [1.165, 1.54) is 17.1 Å². The second-order valence-electron chi connectivity index (χ2n) is 7.69. The predicted molar refractivity (Wildman–Crippen MR) is 115 cm³/mol. The monoisotopic (exact) mass is 452 g/mol. The van der Waals surface area contributed by atoms with Crippen LogP contribution in [0.25, 0.3) is 10.7 Å². The van der Waals surface area contributed by atoms with Gasteiger partial charge in [-0.25, -0.2) is 19.3 Å². The van der Waals surface area contributed by atoms with Gasteiger partial charge in [0.15, 0.2) is 11.6 Å². The number of aromatic hydroxyl groups is 1. The Morgan fingerprint density at radius 3 is 2.58 bits per heavy atom. The van der Waals surface area contributed by atoms with Gasteiger partial charge in [-0.1, -0.05) is 6.07 Å². The maximum atomic E-state index is 13.1. The summed E-state index contributed by atoms with van der Waals surface area (Å²) in [5, 5.41) is 22.5. The van der Waals surface area contributed by atoms with Crippen LogP contribution in [0.2, 0.25) is 0 Å². The van der Waals surface area contributed by atoms with Gasteiger partial charge in [0.25, 0.3) is 11.2 Å². The summed E-state index contributed by atoms with van der Waals surface area (Å²) in [6.45, 7) is 11.5. The van der Waals surface area contributed by atoms with Gasteiger partial charge in [-0.2, -0.15) is 5.10 Å². The molecule has 0 radical (unpaired) electrons. The molecule has 0 aromatic carbocycles. The zero-order chi connectivity index (χ0) is 24.3. The van der Waals surface area contributed by atoms with Crippen molar-refractivity contribution in [2.75, 3.05) is 7.11 Å². The van der Waals surface area contributed by atoms with E-state index in [0.29, 0.717) is 10.4 Å². The summed E-state index contributed by atoms with van der Waals surface area (Å²) in [7, 11) is 1.12. The molecule has 3 aromatic rings. The van der Waals surface area contributed by atoms with Crippen LogP contribution in [-0.2, 0) is 21.6 Å². The molecule has 3 aromatic heterocycles. The molecule has 0 unspecified atom stereocenters. The van der Waals surface area contributed by atoms with Crippen molar-refractivity contribution in [3.63, 3.8) is 0 Å². The highest BCUT2D eigenvalue weighted by Gasteiger charge is 2.27. The molecule has 170 valence electrons. The van der Waals surface area contributed by atoms with Crippen molar-refractivity contribution in [1.29, 1.82) is 0 Å². The Morgan fingerprint density at radius 2 is 2.00 bits per heavy atom. The molecule has 0 aliphatic rings. The van der Waals surface area contributed by atoms with Crippen LogP contribution in [0.1, 0.15) is 20.8 Å². The average molecular weight is 452 g/mol. The summed E-state index contributed by atoms with van der Waals surface area (Å²) >= 11 is 0. The molecule has 0 aliphatic carbocycles. The number of carbonyl (C=O) groups excluding carboxylic acids is 1. The van der Waals surface area contributed by atoms with Crippen molar-refractivity contribution >= 4 is 23.2 Å². The fourth-order valence-electron chi connectivity index (χ4n) is 2.89. The molecule has 0 saturated heterocycles. The minimum Gasteiger partial charge on any atom is -0.493 e. The van der Waals surface area contributed by atoms with Gasteiger partial charge in [0.2, 0.25) is 11.6 Å². The largest absolute Gasteiger partial charge is 0.493 e. The van der Waals surface area contributed by atoms with Crippen LogP contribution < -0.4 is 11.2 Å². The number of nitrogens with zero attached hydrogens (tertiary/aromatic N) is 8. The zero-order valence-electron chi connectivity index (χ0n) is 18.3. The lowest BCUT2D eigenvalue weighted by atomic mass is 10.1. The Morgan fingerprint density at radius 1 is 1.27 bits per heavy atom. The van der Waals surface area contributed by atoms with Crippen molar-refractivity contribution < 1.29 is 14.6 Å². The minimum atomic E-state index is -1.01. The highest BCUT2D eigenvalue weighted by atomic mass is 16.5. The van der Waals surface area contributed by atoms with Crippen LogP contribution in [0.15, 0.2) is 50.4 Å². The van der Waals surface area contributed by atoms with Crippen molar-refractivity contribution in [2.45, 2.75) is 32.9 Å². The van der Waals surface area contributed by atoms with E-state index in [4.69, 9.17) is 6.57 Å². The molecule has 0 saturated carbocycles. The quantitative estimate of drug-likeness (QED) is 0.354. The Kier molecular flexibility index (Phi) is 6.20. The summed E-state index contributed by atoms with van der Waals surface area (Å²) in [6, 6.07) is 5.03. The second kappa shape index (κ2) is 8.87. The third-order valence-electron chi connectivity index (χ3n) is 4.44. The smallest absolute Gasteiger partial charge is 0.334 e. The van der Waals surface area contributed by atoms with Gasteiger partial charge in [-0.05, 0) is 32.9 Å². The molecule has 13 heteroatoms. The fourth-order valence-corrected chi connectivity index (χ4v) is 2.89. The number of esters is 1. The van der Waals surface area contributed by atoms with E-state index < -0.39 is 40.9 Å². The van der Waals surface area contributed by atoms with Gasteiger partial charge >= 0.3 is 11.7 Å². The van der Waals surface area contributed by atoms with Gasteiger partial charge in [0.1, 0.15) is 6.54 Å². The molecule has 3 heterocycles. The van der Waals surface area contributed by atoms with Crippen LogP contribution >= 0.6 is 0 Å². The van der Waals surface area contributed by atoms with Gasteiger partial charge in [0.05, 0.1) is 19.9 Å². The van der Waals surface area contributed by atoms with Gasteiger partial charge < -0.3 is 9.84 Å². The number of ether oxygens (including phenoxy) is 1. The Hall–Kier alpha value is -4.60. The maximum Gasteiger partial charge on any atom is 0.334 e. The molecule has 0 bridgehead atoms. The van der Waals surface area contributed by atoms with E-state index in [9.17, 15) is 19.5 Å². The standard InChI is InChI=1S/C20H20N8O5/c1-20(2,3)27-18(31)15(17(30)26(19(27)32)11-14(29)33-5)24-25-16-12(21-4)10-23-28(16)13-8-6-7-9-22-13/h6-10,30H,11H2,1-3,5H3. The first kappa shape index (κ1) is 23.1. The number of hydrogen-bond acceptors (Lipinski definition) is 9. The van der Waals surface area contributed by atoms with E-state index in [1.807, 2.05) is 0 Å². The van der Waals surface area contributed by atoms with Gasteiger partial charge in [-0.15, -0.1) is 10.2 Å². The Bertz CT molecular complexity index is 1390. The molecule has 0 atom stereocenters. The first-order chi connectivity index (χ1) is 15.6. The van der Waals surface area contributed by atoms with Crippen LogP contribution in [0.4, 0.5) is 17.2 Å². The van der Waals surface area contributed by atoms with Crippen LogP contribution in [-0.4, -0.2) is 42.1 Å². The SMILES string of the molecule is [C-]#[N+]c1cnn(-c2ccccn2)c1N=Nc1c(O)n(CC(=O)OC)c(=O)n(C(C)(C)C)c1=O. The van der Waals surface area contributed by atoms with Crippen molar-refractivity contribution in [1.82, 2.24) is 23.9 Å². The Balaban J connectivity index is 2.25. The number of hydrogen-bond donors (Lipinski definition) is 1. The van der Waals surface area contributed by atoms with Crippen LogP contribution in [0, 0.1) is 6.57 Å². The molecule has 33 heavy (non-hydrogen) atoms. The highest BCUT2D eigenvalue weighted by Crippen LogP contribution is 2.32. The zero-order valence-corrected chi connectivity index (χ0v) is 18.3. The molecule has 13 nitrogen and oxygen atoms in total. The summed E-state index contributed by atoms with van der Waals surface area (Å²) in [5.74, 6) is -1.39. The fraction of sp³-hybridized carbons (Fsp3) is 0.300. The average Bonchev–Trinajstić information content (AvgIpc) is 3.19. The molecule has 1 N–H and O–H groups in total. The number of azo groups is 1. The molecule has 3 rings (SSSR count). The number of rotatable bonds is 5. The van der Waals surface area contributed by atoms with Crippen LogP contribution in [0.5, 0.6) is 5.88 Å². The molecule has 0 amide bonds. The summed E-state index contributed by atoms with van der Waals surface area (Å²) in [4.78, 5) is 45.2. The normalized spacial score (nSPS) is 11.5. The predicted octanol–water partition coefficient (Wildman–Crippen LogP) is 2.19. The highest BCUT2D eigenvalue weighted by molar-refractivity contribution is 5.69. The lowest BCUT2D eigenvalue weighted by molar-refractivity contribution is -0.141. The van der Waals surface area contributed by atoms with E-state index in [-0.39, 0.29) is 11.5 Å². The maximum absolute atomic E-state index is 13.1. The lowest BCUT2D eigenvalue weighted by Crippen LogP contribution is -2.48. The summed E-state index contributed by atoms with van der Waals surface area (Å²) in [5.41, 5.74) is -3.44. The van der Waals surface area contributed by atoms with Crippen molar-refractivity contribution in [3.8, 4) is 11.7 Å². The third kappa shape index (κ3) is 4.40. The molecule has 0 aliphatic heterocycles. The van der Waals surface area contributed by atoms with Crippen LogP contribution in [0.3, 0.4) is 0 Å². The first-order valence-corrected chi connectivity index (χ1v) is 9.55. The number of carbonyl (C=O) groups is 1. The number of methoxy groups -OCH3 is 1. The van der Waals surface area contributed by atoms with E-state index in [2.05, 4.69) is 29.9 Å². The molecule has 0 fully saturated rings. The van der Waals surface area contributed by atoms with E-state index in [1.54, 1.807) is 39.0 Å². The Labute approximate surface area is 187 Å². The van der Waals surface area contributed by atoms with Gasteiger partial charge in [0, 0.05) is 11.7 Å². The molecular formula is C20H20N8O5. The number of pyridine rings is 1. The van der Waals surface area contributed by atoms with Gasteiger partial charge in [-0.3, -0.25) is 18.7 Å². The summed E-state index contributed by atoms with van der Waals surface area (Å²) < 4.78 is 7.32. The third-order valence-corrected chi connectivity index (χ3v) is 4.44. The van der Waals surface area contributed by atoms with E-state index in [0.717, 1.165) is 11.7 Å². The first-order valence-electron chi connectivity index (χ1n) is 9.55. The lowest BCUT2D eigenvalue weighted by Gasteiger charge is -2.23. The molecule has 0 spiro atoms. The second-order valence-corrected chi connectivity index (χ2v) is 7.69. The number of aromatic nitrogens is 5. The minimum absolute atomic E-state index is 0.0166. The molecular weight excluding hydrogens is 432 g/mol. The van der Waals surface area contributed by atoms with E-state index >= 15 is 0 Å². The topological polar surface area (TPSA) is 150 Å².